The maximum atomic E-state index is 12.0. The Morgan fingerprint density at radius 1 is 1.37 bits per heavy atom. The van der Waals surface area contributed by atoms with E-state index in [0.29, 0.717) is 6.54 Å². The molecule has 1 heterocycles. The zero-order chi connectivity index (χ0) is 13.7. The van der Waals surface area contributed by atoms with E-state index in [9.17, 15) is 4.79 Å². The van der Waals surface area contributed by atoms with Crippen LogP contribution in [-0.4, -0.2) is 26.2 Å². The van der Waals surface area contributed by atoms with Crippen LogP contribution in [0.15, 0.2) is 24.3 Å². The first-order chi connectivity index (χ1) is 9.20. The standard InChI is InChI=1S/C14H18N2O2S/c1-18-7-3-2-6-16-14(17)13-9-10-8-11(15)4-5-12(10)19-13/h4-5,8-9H,2-3,6-7,15H2,1H3,(H,16,17). The quantitative estimate of drug-likeness (QED) is 0.630. The number of nitrogens with one attached hydrogen (secondary N) is 1. The third-order valence-corrected chi connectivity index (χ3v) is 3.94. The molecule has 1 aromatic heterocycles. The normalized spacial score (nSPS) is 10.8. The first kappa shape index (κ1) is 13.8. The van der Waals surface area contributed by atoms with Crippen LogP contribution in [0.4, 0.5) is 5.69 Å². The van der Waals surface area contributed by atoms with Crippen molar-refractivity contribution < 1.29 is 9.53 Å². The third-order valence-electron chi connectivity index (χ3n) is 2.82. The average Bonchev–Trinajstić information content (AvgIpc) is 2.81. The molecule has 3 N–H and O–H groups in total. The van der Waals surface area contributed by atoms with Gasteiger partial charge in [-0.25, -0.2) is 0 Å². The fourth-order valence-electron chi connectivity index (χ4n) is 1.83. The third kappa shape index (κ3) is 3.68. The van der Waals surface area contributed by atoms with Crippen LogP contribution in [0.5, 0.6) is 0 Å². The molecule has 2 rings (SSSR count). The van der Waals surface area contributed by atoms with Gasteiger partial charge >= 0.3 is 0 Å². The minimum atomic E-state index is -0.0165. The van der Waals surface area contributed by atoms with Crippen LogP contribution in [0.3, 0.4) is 0 Å². The summed E-state index contributed by atoms with van der Waals surface area (Å²) in [4.78, 5) is 12.7. The van der Waals surface area contributed by atoms with E-state index in [1.54, 1.807) is 7.11 Å². The smallest absolute Gasteiger partial charge is 0.261 e. The van der Waals surface area contributed by atoms with Gasteiger partial charge in [0.2, 0.25) is 0 Å². The molecule has 0 saturated heterocycles. The number of fused-ring (bicyclic) bond motifs is 1. The molecular weight excluding hydrogens is 260 g/mol. The number of anilines is 1. The Bertz CT molecular complexity index is 566. The molecule has 102 valence electrons. The second kappa shape index (κ2) is 6.54. The molecule has 0 fully saturated rings. The first-order valence-electron chi connectivity index (χ1n) is 6.27. The largest absolute Gasteiger partial charge is 0.399 e. The molecule has 0 aliphatic heterocycles. The Balaban J connectivity index is 1.94. The summed E-state index contributed by atoms with van der Waals surface area (Å²) in [6.45, 7) is 1.41. The molecular formula is C14H18N2O2S. The van der Waals surface area contributed by atoms with Crippen molar-refractivity contribution in [2.75, 3.05) is 26.0 Å². The van der Waals surface area contributed by atoms with E-state index >= 15 is 0 Å². The molecule has 0 unspecified atom stereocenters. The molecule has 1 amide bonds. The molecule has 5 heteroatoms. The molecule has 0 bridgehead atoms. The average molecular weight is 278 g/mol. The molecule has 0 radical (unpaired) electrons. The number of methoxy groups -OCH3 is 1. The van der Waals surface area contributed by atoms with E-state index in [0.717, 1.165) is 40.1 Å². The van der Waals surface area contributed by atoms with E-state index in [-0.39, 0.29) is 5.91 Å². The minimum absolute atomic E-state index is 0.0165. The molecule has 0 atom stereocenters. The van der Waals surface area contributed by atoms with E-state index in [1.807, 2.05) is 24.3 Å². The molecule has 4 nitrogen and oxygen atoms in total. The summed E-state index contributed by atoms with van der Waals surface area (Å²) in [6.07, 6.45) is 1.89. The number of rotatable bonds is 6. The van der Waals surface area contributed by atoms with Crippen molar-refractivity contribution in [3.05, 3.63) is 29.1 Å². The van der Waals surface area contributed by atoms with Gasteiger partial charge in [-0.2, -0.15) is 0 Å². The molecule has 0 aliphatic rings. The summed E-state index contributed by atoms with van der Waals surface area (Å²) in [6, 6.07) is 7.58. The Labute approximate surface area is 116 Å². The lowest BCUT2D eigenvalue weighted by atomic mass is 10.2. The van der Waals surface area contributed by atoms with Gasteiger partial charge in [-0.1, -0.05) is 0 Å². The lowest BCUT2D eigenvalue weighted by Crippen LogP contribution is -2.23. The van der Waals surface area contributed by atoms with E-state index in [2.05, 4.69) is 5.32 Å². The van der Waals surface area contributed by atoms with Crippen molar-refractivity contribution in [3.8, 4) is 0 Å². The van der Waals surface area contributed by atoms with Crippen LogP contribution in [-0.2, 0) is 4.74 Å². The molecule has 19 heavy (non-hydrogen) atoms. The number of unbranched alkanes of at least 4 members (excludes halogenated alkanes) is 1. The van der Waals surface area contributed by atoms with Gasteiger partial charge in [0.15, 0.2) is 0 Å². The highest BCUT2D eigenvalue weighted by atomic mass is 32.1. The number of thiophene rings is 1. The Morgan fingerprint density at radius 3 is 3.00 bits per heavy atom. The lowest BCUT2D eigenvalue weighted by molar-refractivity contribution is 0.0955. The SMILES string of the molecule is COCCCCNC(=O)c1cc2cc(N)ccc2s1. The number of nitrogens with two attached hydrogens (primary N) is 1. The van der Waals surface area contributed by atoms with Gasteiger partial charge in [0.05, 0.1) is 4.88 Å². The highest BCUT2D eigenvalue weighted by molar-refractivity contribution is 7.20. The monoisotopic (exact) mass is 278 g/mol. The summed E-state index contributed by atoms with van der Waals surface area (Å²) in [7, 11) is 1.68. The maximum Gasteiger partial charge on any atom is 0.261 e. The number of hydrogen-bond donors (Lipinski definition) is 2. The summed E-state index contributed by atoms with van der Waals surface area (Å²) >= 11 is 1.49. The molecule has 0 spiro atoms. The number of hydrogen-bond acceptors (Lipinski definition) is 4. The topological polar surface area (TPSA) is 64.3 Å². The maximum absolute atomic E-state index is 12.0. The van der Waals surface area contributed by atoms with Crippen molar-refractivity contribution in [3.63, 3.8) is 0 Å². The van der Waals surface area contributed by atoms with Gasteiger partial charge in [-0.3, -0.25) is 4.79 Å². The summed E-state index contributed by atoms with van der Waals surface area (Å²) < 4.78 is 6.04. The van der Waals surface area contributed by atoms with E-state index < -0.39 is 0 Å². The summed E-state index contributed by atoms with van der Waals surface area (Å²) in [5, 5.41) is 3.94. The van der Waals surface area contributed by atoms with Crippen LogP contribution in [0, 0.1) is 0 Å². The number of nitrogen functional groups attached to an aromatic ring is 1. The van der Waals surface area contributed by atoms with Crippen molar-refractivity contribution in [2.45, 2.75) is 12.8 Å². The first-order valence-corrected chi connectivity index (χ1v) is 7.08. The van der Waals surface area contributed by atoms with Crippen LogP contribution < -0.4 is 11.1 Å². The highest BCUT2D eigenvalue weighted by Gasteiger charge is 2.09. The van der Waals surface area contributed by atoms with E-state index in [4.69, 9.17) is 10.5 Å². The summed E-state index contributed by atoms with van der Waals surface area (Å²) in [5.41, 5.74) is 6.45. The van der Waals surface area contributed by atoms with Gasteiger partial charge in [-0.05, 0) is 42.5 Å². The fourth-order valence-corrected chi connectivity index (χ4v) is 2.79. The fraction of sp³-hybridized carbons (Fsp3) is 0.357. The number of carbonyl (C=O) groups is 1. The van der Waals surface area contributed by atoms with Gasteiger partial charge in [0, 0.05) is 30.6 Å². The van der Waals surface area contributed by atoms with Crippen molar-refractivity contribution in [1.29, 1.82) is 0 Å². The van der Waals surface area contributed by atoms with Gasteiger partial charge in [-0.15, -0.1) is 11.3 Å². The second-order valence-electron chi connectivity index (χ2n) is 4.36. The molecule has 2 aromatic rings. The minimum Gasteiger partial charge on any atom is -0.399 e. The number of amides is 1. The van der Waals surface area contributed by atoms with Crippen molar-refractivity contribution in [2.24, 2.45) is 0 Å². The van der Waals surface area contributed by atoms with Crippen molar-refractivity contribution >= 4 is 33.0 Å². The number of benzene rings is 1. The van der Waals surface area contributed by atoms with Crippen molar-refractivity contribution in [1.82, 2.24) is 5.32 Å². The van der Waals surface area contributed by atoms with E-state index in [1.165, 1.54) is 11.3 Å². The number of carbonyl (C=O) groups excluding carboxylic acids is 1. The molecule has 1 aromatic carbocycles. The summed E-state index contributed by atoms with van der Waals surface area (Å²) in [5.74, 6) is -0.0165. The zero-order valence-electron chi connectivity index (χ0n) is 10.9. The zero-order valence-corrected chi connectivity index (χ0v) is 11.8. The van der Waals surface area contributed by atoms with Crippen LogP contribution in [0.1, 0.15) is 22.5 Å². The van der Waals surface area contributed by atoms with Crippen LogP contribution >= 0.6 is 11.3 Å². The Hall–Kier alpha value is -1.59. The molecule has 0 aliphatic carbocycles. The van der Waals surface area contributed by atoms with Crippen LogP contribution in [0.25, 0.3) is 10.1 Å². The lowest BCUT2D eigenvalue weighted by Gasteiger charge is -2.02. The Kier molecular flexibility index (Phi) is 4.76. The Morgan fingerprint density at radius 2 is 2.21 bits per heavy atom. The van der Waals surface area contributed by atoms with Gasteiger partial charge < -0.3 is 15.8 Å². The van der Waals surface area contributed by atoms with Gasteiger partial charge in [0.25, 0.3) is 5.91 Å². The van der Waals surface area contributed by atoms with Crippen LogP contribution in [0.2, 0.25) is 0 Å². The van der Waals surface area contributed by atoms with Gasteiger partial charge in [0.1, 0.15) is 0 Å². The number of ether oxygens (including phenoxy) is 1. The predicted molar refractivity (Wildman–Crippen MR) is 79.7 cm³/mol. The predicted octanol–water partition coefficient (Wildman–Crippen LogP) is 2.64. The highest BCUT2D eigenvalue weighted by Crippen LogP contribution is 2.27. The molecule has 0 saturated carbocycles. The second-order valence-corrected chi connectivity index (χ2v) is 5.45.